The molecule has 2 nitrogen and oxygen atoms in total. The molecule has 1 fully saturated rings. The maximum atomic E-state index is 4.25. The summed E-state index contributed by atoms with van der Waals surface area (Å²) in [4.78, 5) is 0.639. The first-order chi connectivity index (χ1) is 6.79. The zero-order valence-electron chi connectivity index (χ0n) is 8.62. The van der Waals surface area contributed by atoms with Gasteiger partial charge in [-0.25, -0.2) is 0 Å². The lowest BCUT2D eigenvalue weighted by Gasteiger charge is -2.19. The Morgan fingerprint density at radius 1 is 1.36 bits per heavy atom. The van der Waals surface area contributed by atoms with Gasteiger partial charge < -0.3 is 0 Å². The third-order valence-corrected chi connectivity index (χ3v) is 4.27. The first kappa shape index (κ1) is 10.2. The number of aryl methyl sites for hydroxylation is 1. The van der Waals surface area contributed by atoms with Gasteiger partial charge in [0.25, 0.3) is 0 Å². The molecule has 0 N–H and O–H groups in total. The van der Waals surface area contributed by atoms with Gasteiger partial charge in [0, 0.05) is 29.7 Å². The van der Waals surface area contributed by atoms with Crippen LogP contribution in [-0.2, 0) is 7.05 Å². The average Bonchev–Trinajstić information content (AvgIpc) is 2.46. The predicted octanol–water partition coefficient (Wildman–Crippen LogP) is 3.23. The molecule has 0 radical (unpaired) electrons. The van der Waals surface area contributed by atoms with Crippen LogP contribution in [0.25, 0.3) is 0 Å². The molecule has 0 bridgehead atoms. The molecular weight excluding hydrogens is 240 g/mol. The van der Waals surface area contributed by atoms with Gasteiger partial charge in [0.1, 0.15) is 0 Å². The predicted molar refractivity (Wildman–Crippen MR) is 61.7 cm³/mol. The highest BCUT2D eigenvalue weighted by atomic mass is 79.9. The molecule has 78 valence electrons. The summed E-state index contributed by atoms with van der Waals surface area (Å²) in [6.45, 7) is 0. The van der Waals surface area contributed by atoms with Gasteiger partial charge in [0.2, 0.25) is 0 Å². The highest BCUT2D eigenvalue weighted by Crippen LogP contribution is 2.35. The van der Waals surface area contributed by atoms with Crippen molar-refractivity contribution < 1.29 is 0 Å². The van der Waals surface area contributed by atoms with E-state index < -0.39 is 0 Å². The summed E-state index contributed by atoms with van der Waals surface area (Å²) in [5.41, 5.74) is 1.38. The average molecular weight is 257 g/mol. The van der Waals surface area contributed by atoms with Crippen molar-refractivity contribution in [3.63, 3.8) is 0 Å². The third kappa shape index (κ3) is 2.02. The minimum absolute atomic E-state index is 0.639. The molecule has 0 spiro atoms. The Hall–Kier alpha value is -0.310. The minimum Gasteiger partial charge on any atom is -0.272 e. The Morgan fingerprint density at radius 3 is 2.86 bits per heavy atom. The highest BCUT2D eigenvalue weighted by Gasteiger charge is 2.24. The first-order valence-electron chi connectivity index (χ1n) is 5.41. The van der Waals surface area contributed by atoms with Gasteiger partial charge in [-0.05, 0) is 18.9 Å². The smallest absolute Gasteiger partial charge is 0.0492 e. The number of nitrogens with zero attached hydrogens (tertiary/aromatic N) is 2. The van der Waals surface area contributed by atoms with Crippen LogP contribution in [0.3, 0.4) is 0 Å². The minimum atomic E-state index is 0.639. The number of alkyl halides is 1. The van der Waals surface area contributed by atoms with E-state index in [4.69, 9.17) is 0 Å². The second-order valence-corrected chi connectivity index (χ2v) is 5.32. The van der Waals surface area contributed by atoms with Crippen molar-refractivity contribution in [3.05, 3.63) is 18.0 Å². The van der Waals surface area contributed by atoms with Gasteiger partial charge in [-0.1, -0.05) is 35.2 Å². The summed E-state index contributed by atoms with van der Waals surface area (Å²) in [6, 6.07) is 2.16. The van der Waals surface area contributed by atoms with Crippen molar-refractivity contribution >= 4 is 15.9 Å². The summed E-state index contributed by atoms with van der Waals surface area (Å²) in [6.07, 6.45) is 8.61. The number of aromatic nitrogens is 2. The van der Waals surface area contributed by atoms with Crippen LogP contribution in [0.4, 0.5) is 0 Å². The molecule has 14 heavy (non-hydrogen) atoms. The zero-order chi connectivity index (χ0) is 9.97. The Morgan fingerprint density at radius 2 is 2.14 bits per heavy atom. The fraction of sp³-hybridized carbons (Fsp3) is 0.727. The Bertz CT molecular complexity index is 295. The van der Waals surface area contributed by atoms with Gasteiger partial charge in [0.15, 0.2) is 0 Å². The second kappa shape index (κ2) is 4.47. The van der Waals surface area contributed by atoms with Crippen molar-refractivity contribution in [1.82, 2.24) is 9.78 Å². The number of hydrogen-bond acceptors (Lipinski definition) is 1. The summed E-state index contributed by atoms with van der Waals surface area (Å²) < 4.78 is 2.02. The van der Waals surface area contributed by atoms with Crippen LogP contribution in [0.5, 0.6) is 0 Å². The summed E-state index contributed by atoms with van der Waals surface area (Å²) in [7, 11) is 2.04. The molecule has 0 aromatic carbocycles. The Labute approximate surface area is 93.8 Å². The van der Waals surface area contributed by atoms with Crippen LogP contribution in [0.2, 0.25) is 0 Å². The number of hydrogen-bond donors (Lipinski definition) is 0. The number of rotatable bonds is 1. The number of halogens is 1. The lowest BCUT2D eigenvalue weighted by atomic mass is 9.96. The second-order valence-electron chi connectivity index (χ2n) is 4.14. The van der Waals surface area contributed by atoms with Gasteiger partial charge in [0.05, 0.1) is 0 Å². The van der Waals surface area contributed by atoms with E-state index in [2.05, 4.69) is 27.1 Å². The van der Waals surface area contributed by atoms with Crippen molar-refractivity contribution in [2.75, 3.05) is 0 Å². The highest BCUT2D eigenvalue weighted by molar-refractivity contribution is 9.09. The van der Waals surface area contributed by atoms with E-state index in [0.29, 0.717) is 10.7 Å². The zero-order valence-corrected chi connectivity index (χ0v) is 10.2. The molecule has 0 amide bonds. The van der Waals surface area contributed by atoms with E-state index in [1.54, 1.807) is 0 Å². The molecule has 1 saturated carbocycles. The van der Waals surface area contributed by atoms with E-state index in [-0.39, 0.29) is 0 Å². The fourth-order valence-electron chi connectivity index (χ4n) is 2.34. The quantitative estimate of drug-likeness (QED) is 0.558. The SMILES string of the molecule is Cn1nccc1C1CCCCCC1Br. The molecule has 1 heterocycles. The molecule has 1 aliphatic rings. The van der Waals surface area contributed by atoms with Crippen LogP contribution in [0, 0.1) is 0 Å². The Kier molecular flexibility index (Phi) is 3.26. The van der Waals surface area contributed by atoms with Gasteiger partial charge in [-0.15, -0.1) is 0 Å². The van der Waals surface area contributed by atoms with Crippen LogP contribution in [-0.4, -0.2) is 14.6 Å². The maximum absolute atomic E-state index is 4.25. The van der Waals surface area contributed by atoms with Crippen LogP contribution in [0.1, 0.15) is 43.7 Å². The lowest BCUT2D eigenvalue weighted by Crippen LogP contribution is -2.14. The van der Waals surface area contributed by atoms with E-state index >= 15 is 0 Å². The van der Waals surface area contributed by atoms with Crippen molar-refractivity contribution in [3.8, 4) is 0 Å². The molecule has 1 aromatic rings. The molecule has 2 unspecified atom stereocenters. The van der Waals surface area contributed by atoms with Crippen molar-refractivity contribution in [2.45, 2.75) is 42.8 Å². The van der Waals surface area contributed by atoms with Crippen molar-refractivity contribution in [1.29, 1.82) is 0 Å². The standard InChI is InChI=1S/C11H17BrN2/c1-14-11(7-8-13-14)9-5-3-2-4-6-10(9)12/h7-10H,2-6H2,1H3. The molecular formula is C11H17BrN2. The van der Waals surface area contributed by atoms with Crippen molar-refractivity contribution in [2.24, 2.45) is 7.05 Å². The van der Waals surface area contributed by atoms with E-state index in [9.17, 15) is 0 Å². The third-order valence-electron chi connectivity index (χ3n) is 3.17. The summed E-state index contributed by atoms with van der Waals surface area (Å²) in [5.74, 6) is 0.657. The summed E-state index contributed by atoms with van der Waals surface area (Å²) >= 11 is 3.82. The molecule has 1 aromatic heterocycles. The van der Waals surface area contributed by atoms with Gasteiger partial charge in [-0.3, -0.25) is 4.68 Å². The molecule has 0 saturated heterocycles. The van der Waals surface area contributed by atoms with E-state index in [0.717, 1.165) is 0 Å². The maximum Gasteiger partial charge on any atom is 0.0492 e. The first-order valence-corrected chi connectivity index (χ1v) is 6.32. The normalized spacial score (nSPS) is 28.7. The van der Waals surface area contributed by atoms with E-state index in [1.807, 2.05) is 17.9 Å². The molecule has 0 aliphatic heterocycles. The van der Waals surface area contributed by atoms with E-state index in [1.165, 1.54) is 37.8 Å². The molecule has 2 rings (SSSR count). The van der Waals surface area contributed by atoms with Gasteiger partial charge in [-0.2, -0.15) is 5.10 Å². The molecule has 3 heteroatoms. The topological polar surface area (TPSA) is 17.8 Å². The van der Waals surface area contributed by atoms with Crippen LogP contribution >= 0.6 is 15.9 Å². The van der Waals surface area contributed by atoms with Crippen LogP contribution < -0.4 is 0 Å². The van der Waals surface area contributed by atoms with Gasteiger partial charge >= 0.3 is 0 Å². The molecule has 2 atom stereocenters. The lowest BCUT2D eigenvalue weighted by molar-refractivity contribution is 0.556. The Balaban J connectivity index is 2.19. The largest absolute Gasteiger partial charge is 0.272 e. The fourth-order valence-corrected chi connectivity index (χ4v) is 3.20. The van der Waals surface area contributed by atoms with Crippen LogP contribution in [0.15, 0.2) is 12.3 Å². The summed E-state index contributed by atoms with van der Waals surface area (Å²) in [5, 5.41) is 4.25. The molecule has 1 aliphatic carbocycles. The monoisotopic (exact) mass is 256 g/mol.